The third kappa shape index (κ3) is 7.75. The van der Waals surface area contributed by atoms with E-state index in [1.54, 1.807) is 13.1 Å². The van der Waals surface area contributed by atoms with Gasteiger partial charge < -0.3 is 16.0 Å². The Hall–Kier alpha value is -1.82. The molecule has 27 heavy (non-hydrogen) atoms. The highest BCUT2D eigenvalue weighted by Crippen LogP contribution is 2.27. The summed E-state index contributed by atoms with van der Waals surface area (Å²) in [5.41, 5.74) is -0.0622. The minimum atomic E-state index is -4.50. The molecule has 0 atom stereocenters. The Morgan fingerprint density at radius 3 is 2.56 bits per heavy atom. The lowest BCUT2D eigenvalue weighted by Gasteiger charge is -2.13. The summed E-state index contributed by atoms with van der Waals surface area (Å²) in [6.45, 7) is 1.21. The van der Waals surface area contributed by atoms with Crippen LogP contribution in [-0.4, -0.2) is 36.1 Å². The number of anilines is 1. The highest BCUT2D eigenvalue weighted by Gasteiger charge is 2.32. The number of rotatable bonds is 6. The Morgan fingerprint density at radius 2 is 1.89 bits per heavy atom. The molecule has 0 spiro atoms. The van der Waals surface area contributed by atoms with Crippen molar-refractivity contribution in [1.82, 2.24) is 20.6 Å². The number of benzene rings is 1. The first-order chi connectivity index (χ1) is 12.4. The van der Waals surface area contributed by atoms with Crippen molar-refractivity contribution in [2.45, 2.75) is 12.7 Å². The van der Waals surface area contributed by atoms with E-state index in [2.05, 4.69) is 30.9 Å². The van der Waals surface area contributed by atoms with Crippen LogP contribution in [0.5, 0.6) is 0 Å². The second-order valence-electron chi connectivity index (χ2n) is 5.13. The SMILES string of the molecule is CN=C(NCCNc1nccc(C(F)(F)F)n1)NCc1ccccc1Cl.I. The van der Waals surface area contributed by atoms with E-state index in [0.717, 1.165) is 17.8 Å². The zero-order valence-electron chi connectivity index (χ0n) is 14.3. The summed E-state index contributed by atoms with van der Waals surface area (Å²) >= 11 is 6.09. The van der Waals surface area contributed by atoms with E-state index in [1.165, 1.54) is 0 Å². The molecule has 1 aromatic heterocycles. The molecule has 0 saturated carbocycles. The van der Waals surface area contributed by atoms with Crippen LogP contribution >= 0.6 is 35.6 Å². The molecule has 0 bridgehead atoms. The fourth-order valence-electron chi connectivity index (χ4n) is 2.00. The molecule has 0 radical (unpaired) electrons. The molecule has 1 heterocycles. The average Bonchev–Trinajstić information content (AvgIpc) is 2.62. The van der Waals surface area contributed by atoms with Crippen molar-refractivity contribution in [3.05, 3.63) is 52.8 Å². The molecule has 0 aliphatic rings. The van der Waals surface area contributed by atoms with Crippen molar-refractivity contribution in [1.29, 1.82) is 0 Å². The monoisotopic (exact) mass is 514 g/mol. The first kappa shape index (κ1) is 23.2. The lowest BCUT2D eigenvalue weighted by molar-refractivity contribution is -0.141. The molecule has 0 saturated heterocycles. The second-order valence-corrected chi connectivity index (χ2v) is 5.54. The number of nitrogens with zero attached hydrogens (tertiary/aromatic N) is 3. The van der Waals surface area contributed by atoms with Gasteiger partial charge in [0.05, 0.1) is 0 Å². The quantitative estimate of drug-likeness (QED) is 0.238. The van der Waals surface area contributed by atoms with E-state index in [1.807, 2.05) is 18.2 Å². The van der Waals surface area contributed by atoms with Crippen LogP contribution in [0.15, 0.2) is 41.5 Å². The van der Waals surface area contributed by atoms with E-state index in [-0.39, 0.29) is 29.9 Å². The Bertz CT molecular complexity index is 757. The molecule has 2 aromatic rings. The molecule has 0 fully saturated rings. The van der Waals surface area contributed by atoms with Crippen molar-refractivity contribution in [2.24, 2.45) is 4.99 Å². The molecule has 0 unspecified atom stereocenters. The number of nitrogens with one attached hydrogen (secondary N) is 3. The number of hydrogen-bond donors (Lipinski definition) is 3. The Labute approximate surface area is 177 Å². The molecule has 6 nitrogen and oxygen atoms in total. The minimum absolute atomic E-state index is 0. The standard InChI is InChI=1S/C16H18ClF3N6.HI/c1-21-14(25-10-11-4-2-3-5-12(11)17)23-8-9-24-15-22-7-6-13(26-15)16(18,19)20;/h2-7H,8-10H2,1H3,(H2,21,23,25)(H,22,24,26);1H. The number of aliphatic imine (C=N–C) groups is 1. The summed E-state index contributed by atoms with van der Waals surface area (Å²) in [4.78, 5) is 11.3. The highest BCUT2D eigenvalue weighted by molar-refractivity contribution is 14.0. The summed E-state index contributed by atoms with van der Waals surface area (Å²) in [6.07, 6.45) is -3.43. The maximum absolute atomic E-state index is 12.6. The topological polar surface area (TPSA) is 74.2 Å². The van der Waals surface area contributed by atoms with Gasteiger partial charge >= 0.3 is 6.18 Å². The van der Waals surface area contributed by atoms with Crippen LogP contribution in [0.1, 0.15) is 11.3 Å². The number of aromatic nitrogens is 2. The van der Waals surface area contributed by atoms with Crippen LogP contribution < -0.4 is 16.0 Å². The van der Waals surface area contributed by atoms with Gasteiger partial charge in [0.2, 0.25) is 5.95 Å². The van der Waals surface area contributed by atoms with Gasteiger partial charge in [-0.15, -0.1) is 24.0 Å². The smallest absolute Gasteiger partial charge is 0.355 e. The maximum atomic E-state index is 12.6. The van der Waals surface area contributed by atoms with Gasteiger partial charge in [0, 0.05) is 37.9 Å². The Kier molecular flexibility index (Phi) is 9.56. The van der Waals surface area contributed by atoms with Crippen molar-refractivity contribution in [3.63, 3.8) is 0 Å². The van der Waals surface area contributed by atoms with E-state index < -0.39 is 11.9 Å². The number of guanidine groups is 1. The lowest BCUT2D eigenvalue weighted by Crippen LogP contribution is -2.39. The first-order valence-electron chi connectivity index (χ1n) is 7.72. The molecule has 0 aliphatic heterocycles. The molecular formula is C16H19ClF3IN6. The van der Waals surface area contributed by atoms with E-state index in [4.69, 9.17) is 11.6 Å². The largest absolute Gasteiger partial charge is 0.433 e. The van der Waals surface area contributed by atoms with Crippen LogP contribution in [0.25, 0.3) is 0 Å². The van der Waals surface area contributed by atoms with Crippen LogP contribution in [0.4, 0.5) is 19.1 Å². The molecule has 2 rings (SSSR count). The fraction of sp³-hybridized carbons (Fsp3) is 0.312. The summed E-state index contributed by atoms with van der Waals surface area (Å²) in [5.74, 6) is 0.456. The highest BCUT2D eigenvalue weighted by atomic mass is 127. The predicted octanol–water partition coefficient (Wildman–Crippen LogP) is 3.54. The second kappa shape index (κ2) is 11.1. The molecule has 0 aliphatic carbocycles. The van der Waals surface area contributed by atoms with Crippen molar-refractivity contribution in [3.8, 4) is 0 Å². The third-order valence-electron chi connectivity index (χ3n) is 3.27. The predicted molar refractivity (Wildman–Crippen MR) is 111 cm³/mol. The molecule has 148 valence electrons. The van der Waals surface area contributed by atoms with E-state index >= 15 is 0 Å². The average molecular weight is 515 g/mol. The van der Waals surface area contributed by atoms with Gasteiger partial charge in [0.25, 0.3) is 0 Å². The van der Waals surface area contributed by atoms with Crippen molar-refractivity contribution < 1.29 is 13.2 Å². The van der Waals surface area contributed by atoms with Crippen molar-refractivity contribution >= 4 is 47.5 Å². The van der Waals surface area contributed by atoms with E-state index in [0.29, 0.717) is 30.6 Å². The fourth-order valence-corrected chi connectivity index (χ4v) is 2.20. The van der Waals surface area contributed by atoms with E-state index in [9.17, 15) is 13.2 Å². The summed E-state index contributed by atoms with van der Waals surface area (Å²) in [7, 11) is 1.62. The van der Waals surface area contributed by atoms with Crippen molar-refractivity contribution in [2.75, 3.05) is 25.5 Å². The summed E-state index contributed by atoms with van der Waals surface area (Å²) in [6, 6.07) is 8.26. The van der Waals surface area contributed by atoms with Gasteiger partial charge in [0.15, 0.2) is 5.96 Å². The van der Waals surface area contributed by atoms with Gasteiger partial charge in [-0.1, -0.05) is 29.8 Å². The van der Waals surface area contributed by atoms with Gasteiger partial charge in [-0.2, -0.15) is 13.2 Å². The normalized spacial score (nSPS) is 11.5. The first-order valence-corrected chi connectivity index (χ1v) is 8.10. The summed E-state index contributed by atoms with van der Waals surface area (Å²) in [5, 5.41) is 9.51. The van der Waals surface area contributed by atoms with Gasteiger partial charge in [0.1, 0.15) is 5.69 Å². The molecule has 0 amide bonds. The molecule has 1 aromatic carbocycles. The number of hydrogen-bond acceptors (Lipinski definition) is 4. The molecule has 3 N–H and O–H groups in total. The van der Waals surface area contributed by atoms with Crippen LogP contribution in [0.2, 0.25) is 5.02 Å². The lowest BCUT2D eigenvalue weighted by atomic mass is 10.2. The van der Waals surface area contributed by atoms with Crippen LogP contribution in [0.3, 0.4) is 0 Å². The molecular weight excluding hydrogens is 496 g/mol. The van der Waals surface area contributed by atoms with Gasteiger partial charge in [-0.25, -0.2) is 9.97 Å². The summed E-state index contributed by atoms with van der Waals surface area (Å²) < 4.78 is 37.8. The van der Waals surface area contributed by atoms with Gasteiger partial charge in [-0.3, -0.25) is 4.99 Å². The Morgan fingerprint density at radius 1 is 1.15 bits per heavy atom. The minimum Gasteiger partial charge on any atom is -0.355 e. The van der Waals surface area contributed by atoms with Gasteiger partial charge in [-0.05, 0) is 17.7 Å². The Balaban J connectivity index is 0.00000364. The molecule has 11 heteroatoms. The third-order valence-corrected chi connectivity index (χ3v) is 3.64. The number of halogens is 5. The zero-order valence-corrected chi connectivity index (χ0v) is 17.4. The van der Waals surface area contributed by atoms with Crippen LogP contribution in [-0.2, 0) is 12.7 Å². The maximum Gasteiger partial charge on any atom is 0.433 e. The van der Waals surface area contributed by atoms with Crippen LogP contribution in [0, 0.1) is 0 Å². The number of alkyl halides is 3. The zero-order chi connectivity index (χ0) is 19.0.